The molecule has 56 valence electrons. The predicted molar refractivity (Wildman–Crippen MR) is 35.2 cm³/mol. The number of amides is 2. The predicted octanol–water partition coefficient (Wildman–Crippen LogP) is -1.04. The summed E-state index contributed by atoms with van der Waals surface area (Å²) in [7, 11) is 1.62. The molecular formula is C6H10N2O2. The molecule has 4 heteroatoms. The zero-order valence-electron chi connectivity index (χ0n) is 6.05. The van der Waals surface area contributed by atoms with Crippen LogP contribution in [0.3, 0.4) is 0 Å². The highest BCUT2D eigenvalue weighted by atomic mass is 16.2. The lowest BCUT2D eigenvalue weighted by Crippen LogP contribution is -2.54. The average molecular weight is 142 g/mol. The summed E-state index contributed by atoms with van der Waals surface area (Å²) in [6.45, 7) is 2.46. The molecule has 0 aliphatic carbocycles. The van der Waals surface area contributed by atoms with Gasteiger partial charge in [0.25, 0.3) is 0 Å². The molecule has 1 aliphatic rings. The molecule has 1 heterocycles. The zero-order chi connectivity index (χ0) is 7.72. The summed E-state index contributed by atoms with van der Waals surface area (Å²) in [6.07, 6.45) is 0. The second-order valence-corrected chi connectivity index (χ2v) is 2.56. The molecule has 0 unspecified atom stereocenters. The van der Waals surface area contributed by atoms with Crippen LogP contribution >= 0.6 is 0 Å². The molecule has 0 saturated carbocycles. The Morgan fingerprint density at radius 1 is 1.60 bits per heavy atom. The average Bonchev–Trinajstić information content (AvgIpc) is 1.82. The van der Waals surface area contributed by atoms with Crippen molar-refractivity contribution in [1.82, 2.24) is 10.2 Å². The van der Waals surface area contributed by atoms with Crippen molar-refractivity contribution in [1.29, 1.82) is 0 Å². The van der Waals surface area contributed by atoms with Crippen LogP contribution < -0.4 is 5.32 Å². The van der Waals surface area contributed by atoms with Crippen molar-refractivity contribution in [3.63, 3.8) is 0 Å². The van der Waals surface area contributed by atoms with Gasteiger partial charge in [0.2, 0.25) is 0 Å². The minimum atomic E-state index is -0.499. The summed E-state index contributed by atoms with van der Waals surface area (Å²) >= 11 is 0. The largest absolute Gasteiger partial charge is 0.344 e. The molecule has 1 N–H and O–H groups in total. The fraction of sp³-hybridized carbons (Fsp3) is 0.667. The Morgan fingerprint density at radius 2 is 2.20 bits per heavy atom. The van der Waals surface area contributed by atoms with Crippen molar-refractivity contribution < 1.29 is 9.59 Å². The number of piperazine rings is 1. The third-order valence-electron chi connectivity index (χ3n) is 1.47. The van der Waals surface area contributed by atoms with Crippen molar-refractivity contribution >= 4 is 11.8 Å². The first kappa shape index (κ1) is 7.05. The van der Waals surface area contributed by atoms with Gasteiger partial charge >= 0.3 is 11.8 Å². The van der Waals surface area contributed by atoms with Gasteiger partial charge in [0.1, 0.15) is 0 Å². The molecule has 0 aromatic heterocycles. The van der Waals surface area contributed by atoms with Gasteiger partial charge < -0.3 is 10.2 Å². The van der Waals surface area contributed by atoms with E-state index in [1.165, 1.54) is 4.90 Å². The normalized spacial score (nSPS) is 26.6. The van der Waals surface area contributed by atoms with Crippen LogP contribution in [0.15, 0.2) is 0 Å². The minimum Gasteiger partial charge on any atom is -0.344 e. The highest BCUT2D eigenvalue weighted by Crippen LogP contribution is 1.96. The van der Waals surface area contributed by atoms with Gasteiger partial charge in [-0.1, -0.05) is 0 Å². The monoisotopic (exact) mass is 142 g/mol. The van der Waals surface area contributed by atoms with E-state index in [9.17, 15) is 9.59 Å². The molecule has 0 radical (unpaired) electrons. The summed E-state index contributed by atoms with van der Waals surface area (Å²) in [6, 6.07) is 0.0789. The molecule has 0 aromatic carbocycles. The standard InChI is InChI=1S/C6H10N2O2/c1-4-3-8(2)6(10)5(9)7-4/h4H,3H2,1-2H3,(H,7,9)/t4-/m1/s1. The van der Waals surface area contributed by atoms with Gasteiger partial charge in [-0.3, -0.25) is 9.59 Å². The fourth-order valence-corrected chi connectivity index (χ4v) is 0.998. The van der Waals surface area contributed by atoms with Gasteiger partial charge in [0, 0.05) is 19.6 Å². The van der Waals surface area contributed by atoms with Gasteiger partial charge in [-0.25, -0.2) is 0 Å². The third kappa shape index (κ3) is 1.10. The van der Waals surface area contributed by atoms with E-state index in [-0.39, 0.29) is 6.04 Å². The highest BCUT2D eigenvalue weighted by Gasteiger charge is 2.26. The van der Waals surface area contributed by atoms with E-state index >= 15 is 0 Å². The maximum Gasteiger partial charge on any atom is 0.311 e. The first-order valence-corrected chi connectivity index (χ1v) is 3.17. The second kappa shape index (κ2) is 2.28. The lowest BCUT2D eigenvalue weighted by atomic mass is 10.2. The third-order valence-corrected chi connectivity index (χ3v) is 1.47. The molecule has 1 aliphatic heterocycles. The van der Waals surface area contributed by atoms with Crippen LogP contribution in [0.2, 0.25) is 0 Å². The van der Waals surface area contributed by atoms with Gasteiger partial charge in [-0.05, 0) is 6.92 Å². The van der Waals surface area contributed by atoms with Gasteiger partial charge in [-0.15, -0.1) is 0 Å². The van der Waals surface area contributed by atoms with Crippen LogP contribution in [0.5, 0.6) is 0 Å². The molecule has 1 atom stereocenters. The molecule has 0 spiro atoms. The van der Waals surface area contributed by atoms with Crippen LogP contribution in [0.25, 0.3) is 0 Å². The number of nitrogens with one attached hydrogen (secondary N) is 1. The Labute approximate surface area is 59.2 Å². The van der Waals surface area contributed by atoms with Gasteiger partial charge in [0.15, 0.2) is 0 Å². The van der Waals surface area contributed by atoms with E-state index in [1.54, 1.807) is 7.05 Å². The topological polar surface area (TPSA) is 49.4 Å². The molecule has 0 aromatic rings. The van der Waals surface area contributed by atoms with E-state index in [2.05, 4.69) is 5.32 Å². The summed E-state index contributed by atoms with van der Waals surface area (Å²) in [4.78, 5) is 22.9. The molecule has 2 amide bonds. The van der Waals surface area contributed by atoms with E-state index in [1.807, 2.05) is 6.92 Å². The molecule has 10 heavy (non-hydrogen) atoms. The smallest absolute Gasteiger partial charge is 0.311 e. The van der Waals surface area contributed by atoms with E-state index in [0.29, 0.717) is 6.54 Å². The summed E-state index contributed by atoms with van der Waals surface area (Å²) in [5.41, 5.74) is 0. The number of carbonyl (C=O) groups is 2. The van der Waals surface area contributed by atoms with Gasteiger partial charge in [-0.2, -0.15) is 0 Å². The van der Waals surface area contributed by atoms with E-state index in [4.69, 9.17) is 0 Å². The molecule has 1 rings (SSSR count). The first-order valence-electron chi connectivity index (χ1n) is 3.17. The minimum absolute atomic E-state index is 0.0789. The van der Waals surface area contributed by atoms with Gasteiger partial charge in [0.05, 0.1) is 0 Å². The van der Waals surface area contributed by atoms with Crippen molar-refractivity contribution in [3.8, 4) is 0 Å². The first-order chi connectivity index (χ1) is 4.61. The maximum atomic E-state index is 10.8. The Hall–Kier alpha value is -1.06. The quantitative estimate of drug-likeness (QED) is 0.439. The van der Waals surface area contributed by atoms with Crippen LogP contribution in [-0.2, 0) is 9.59 Å². The Bertz CT molecular complexity index is 179. The molecule has 1 fully saturated rings. The lowest BCUT2D eigenvalue weighted by Gasteiger charge is -2.27. The number of nitrogens with zero attached hydrogens (tertiary/aromatic N) is 1. The number of carbonyl (C=O) groups excluding carboxylic acids is 2. The summed E-state index contributed by atoms with van der Waals surface area (Å²) in [5.74, 6) is -0.945. The molecule has 0 bridgehead atoms. The lowest BCUT2D eigenvalue weighted by molar-refractivity contribution is -0.148. The van der Waals surface area contributed by atoms with Crippen molar-refractivity contribution in [2.45, 2.75) is 13.0 Å². The Morgan fingerprint density at radius 3 is 2.70 bits per heavy atom. The fourth-order valence-electron chi connectivity index (χ4n) is 0.998. The summed E-state index contributed by atoms with van der Waals surface area (Å²) < 4.78 is 0. The number of likely N-dealkylation sites (N-methyl/N-ethyl adjacent to an activating group) is 1. The Kier molecular flexibility index (Phi) is 1.61. The molecule has 4 nitrogen and oxygen atoms in total. The zero-order valence-corrected chi connectivity index (χ0v) is 6.05. The van der Waals surface area contributed by atoms with Crippen molar-refractivity contribution in [2.75, 3.05) is 13.6 Å². The SMILES string of the molecule is C[C@@H]1CN(C)C(=O)C(=O)N1. The van der Waals surface area contributed by atoms with E-state index in [0.717, 1.165) is 0 Å². The van der Waals surface area contributed by atoms with E-state index < -0.39 is 11.8 Å². The molecular weight excluding hydrogens is 132 g/mol. The highest BCUT2D eigenvalue weighted by molar-refractivity contribution is 6.35. The Balaban J connectivity index is 2.66. The van der Waals surface area contributed by atoms with Crippen LogP contribution in [0.4, 0.5) is 0 Å². The molecule has 1 saturated heterocycles. The number of rotatable bonds is 0. The van der Waals surface area contributed by atoms with Crippen molar-refractivity contribution in [2.24, 2.45) is 0 Å². The van der Waals surface area contributed by atoms with Crippen LogP contribution in [0, 0.1) is 0 Å². The number of hydrogen-bond donors (Lipinski definition) is 1. The summed E-state index contributed by atoms with van der Waals surface area (Å²) in [5, 5.41) is 2.53. The number of hydrogen-bond acceptors (Lipinski definition) is 2. The van der Waals surface area contributed by atoms with Crippen LogP contribution in [-0.4, -0.2) is 36.3 Å². The maximum absolute atomic E-state index is 10.8. The second-order valence-electron chi connectivity index (χ2n) is 2.56. The van der Waals surface area contributed by atoms with Crippen LogP contribution in [0.1, 0.15) is 6.92 Å². The van der Waals surface area contributed by atoms with Crippen molar-refractivity contribution in [3.05, 3.63) is 0 Å².